The number of aliphatic hydroxyl groups excluding tert-OH is 4. The highest BCUT2D eigenvalue weighted by Crippen LogP contribution is 2.65. The zero-order chi connectivity index (χ0) is 51.4. The maximum Gasteiger partial charge on any atom is 0.338 e. The van der Waals surface area contributed by atoms with Gasteiger partial charge < -0.3 is 64.0 Å². The highest BCUT2D eigenvalue weighted by atomic mass is 16.7. The molecule has 0 spiro atoms. The summed E-state index contributed by atoms with van der Waals surface area (Å²) in [5.41, 5.74) is -7.76. The molecule has 7 unspecified atom stereocenters. The molecule has 19 heteroatoms. The van der Waals surface area contributed by atoms with E-state index in [9.17, 15) is 49.5 Å². The molecule has 19 nitrogen and oxygen atoms in total. The number of carbonyl (C=O) groups excluding carboxylic acids is 6. The topological polar surface area (TPSA) is 280 Å². The summed E-state index contributed by atoms with van der Waals surface area (Å²) < 4.78 is 43.1. The van der Waals surface area contributed by atoms with Crippen LogP contribution in [0, 0.1) is 16.7 Å². The third kappa shape index (κ3) is 8.96. The second kappa shape index (κ2) is 19.6. The van der Waals surface area contributed by atoms with Crippen molar-refractivity contribution in [2.45, 2.75) is 133 Å². The van der Waals surface area contributed by atoms with E-state index in [0.29, 0.717) is 5.56 Å². The number of nitrogens with one attached hydrogen (secondary N) is 1. The van der Waals surface area contributed by atoms with Crippen molar-refractivity contribution in [2.75, 3.05) is 13.2 Å². The first kappa shape index (κ1) is 51.5. The summed E-state index contributed by atoms with van der Waals surface area (Å²) in [5, 5.41) is 60.8. The number of ether oxygens (including phenoxy) is 7. The Morgan fingerprint density at radius 2 is 1.39 bits per heavy atom. The molecular formula is C52H59NO18. The molecule has 0 radical (unpaired) electrons. The number of aliphatic hydroxyl groups is 5. The summed E-state index contributed by atoms with van der Waals surface area (Å²) >= 11 is 0. The van der Waals surface area contributed by atoms with Gasteiger partial charge in [-0.2, -0.15) is 0 Å². The number of hydrogen-bond donors (Lipinski definition) is 6. The van der Waals surface area contributed by atoms with Gasteiger partial charge in [0.15, 0.2) is 29.9 Å². The molecule has 1 amide bonds. The molecule has 6 N–H and O–H groups in total. The molecule has 0 aromatic heterocycles. The summed E-state index contributed by atoms with van der Waals surface area (Å²) in [6.45, 7) is 7.24. The van der Waals surface area contributed by atoms with E-state index in [2.05, 4.69) is 5.32 Å². The van der Waals surface area contributed by atoms with Gasteiger partial charge in [0.2, 0.25) is 0 Å². The maximum atomic E-state index is 16.2. The SMILES string of the molecule is CC(=O)OC1C(=O)C2(C)C(O[C@@H]3OC[C@@H](O)[C@H](O)[C@H]3O)CC3OC[C@@]3(OC(C)=O)C2C(OC(=O)c2ccccc2)C2(O)C[C@H](OC(=O)[C@H](O)[C@@H](NC(=O)c3ccccc3)c3ccccc3)C(C)=C1C2(C)C. The van der Waals surface area contributed by atoms with E-state index >= 15 is 4.79 Å². The number of fused-ring (bicyclic) bond motifs is 5. The van der Waals surface area contributed by atoms with Crippen molar-refractivity contribution in [1.29, 1.82) is 0 Å². The number of carbonyl (C=O) groups is 6. The summed E-state index contributed by atoms with van der Waals surface area (Å²) in [5.74, 6) is -7.31. The van der Waals surface area contributed by atoms with Crippen LogP contribution >= 0.6 is 0 Å². The Hall–Kier alpha value is -5.90. The Labute approximate surface area is 409 Å². The fourth-order valence-electron chi connectivity index (χ4n) is 11.4. The number of Topliss-reactive ketones (excluding diaryl/α,β-unsaturated/α-hetero) is 1. The first-order chi connectivity index (χ1) is 33.6. The van der Waals surface area contributed by atoms with Crippen molar-refractivity contribution in [1.82, 2.24) is 5.32 Å². The second-order valence-electron chi connectivity index (χ2n) is 19.7. The summed E-state index contributed by atoms with van der Waals surface area (Å²) in [6.07, 6.45) is -17.9. The average molecular weight is 986 g/mol. The van der Waals surface area contributed by atoms with Gasteiger partial charge in [-0.05, 0) is 54.8 Å². The standard InChI is InChI=1S/C52H59NO18/c1-26-33(68-47(63)39(58)37(29-16-10-7-11-17-29)53-45(61)30-18-12-8-13-19-30)23-52(64)44(70-46(62)31-20-14-9-15-21-31)42-50(6,43(60)41(67-27(2)54)36(26)49(52,4)5)34(22-35-51(42,25-66-35)71-28(3)55)69-48-40(59)38(57)32(56)24-65-48/h7-21,32-35,37-42,44,48,56-59,64H,22-25H2,1-6H3,(H,53,61)/t32-,33+,34?,35?,37+,38+,39-,40-,41?,42?,44?,48+,50?,51+,52?/m1/s1. The van der Waals surface area contributed by atoms with E-state index in [4.69, 9.17) is 33.2 Å². The summed E-state index contributed by atoms with van der Waals surface area (Å²) in [4.78, 5) is 85.6. The highest BCUT2D eigenvalue weighted by Gasteiger charge is 2.79. The van der Waals surface area contributed by atoms with E-state index < -0.39 is 150 Å². The first-order valence-corrected chi connectivity index (χ1v) is 23.4. The van der Waals surface area contributed by atoms with E-state index in [1.54, 1.807) is 78.9 Å². The molecule has 2 aliphatic heterocycles. The molecule has 4 fully saturated rings. The summed E-state index contributed by atoms with van der Waals surface area (Å²) in [7, 11) is 0. The highest BCUT2D eigenvalue weighted by molar-refractivity contribution is 5.96. The lowest BCUT2D eigenvalue weighted by molar-refractivity contribution is -0.366. The fraction of sp³-hybridized carbons (Fsp3) is 0.500. The molecular weight excluding hydrogens is 927 g/mol. The lowest BCUT2D eigenvalue weighted by Gasteiger charge is -2.68. The van der Waals surface area contributed by atoms with E-state index in [1.165, 1.54) is 39.8 Å². The van der Waals surface area contributed by atoms with Crippen LogP contribution in [0.25, 0.3) is 0 Å². The lowest BCUT2D eigenvalue weighted by Crippen LogP contribution is -2.82. The Balaban J connectivity index is 1.30. The molecule has 3 aromatic rings. The summed E-state index contributed by atoms with van der Waals surface area (Å²) in [6, 6.07) is 22.6. The fourth-order valence-corrected chi connectivity index (χ4v) is 11.4. The van der Waals surface area contributed by atoms with Gasteiger partial charge in [0.1, 0.15) is 42.2 Å². The van der Waals surface area contributed by atoms with Crippen molar-refractivity contribution in [3.8, 4) is 0 Å². The predicted molar refractivity (Wildman–Crippen MR) is 244 cm³/mol. The minimum atomic E-state index is -2.51. The van der Waals surface area contributed by atoms with E-state index in [0.717, 1.165) is 13.8 Å². The molecule has 15 atom stereocenters. The third-order valence-corrected chi connectivity index (χ3v) is 15.2. The van der Waals surface area contributed by atoms with Crippen LogP contribution in [-0.2, 0) is 52.3 Å². The van der Waals surface area contributed by atoms with Crippen molar-refractivity contribution in [3.63, 3.8) is 0 Å². The molecule has 3 aromatic carbocycles. The Morgan fingerprint density at radius 3 is 1.97 bits per heavy atom. The third-order valence-electron chi connectivity index (χ3n) is 15.2. The largest absolute Gasteiger partial charge is 0.456 e. The predicted octanol–water partition coefficient (Wildman–Crippen LogP) is 2.20. The molecule has 71 heavy (non-hydrogen) atoms. The van der Waals surface area contributed by atoms with Crippen LogP contribution < -0.4 is 5.32 Å². The molecule has 8 rings (SSSR count). The molecule has 2 heterocycles. The number of rotatable bonds is 12. The van der Waals surface area contributed by atoms with E-state index in [-0.39, 0.29) is 28.7 Å². The van der Waals surface area contributed by atoms with Gasteiger partial charge in [-0.1, -0.05) is 80.6 Å². The molecule has 2 bridgehead atoms. The van der Waals surface area contributed by atoms with Crippen LogP contribution in [0.4, 0.5) is 0 Å². The van der Waals surface area contributed by atoms with Crippen LogP contribution in [0.15, 0.2) is 102 Å². The number of hydrogen-bond acceptors (Lipinski definition) is 18. The van der Waals surface area contributed by atoms with Crippen molar-refractivity contribution >= 4 is 35.6 Å². The van der Waals surface area contributed by atoms with Crippen LogP contribution in [0.3, 0.4) is 0 Å². The normalized spacial score (nSPS) is 34.8. The minimum Gasteiger partial charge on any atom is -0.456 e. The van der Waals surface area contributed by atoms with Crippen LogP contribution in [-0.4, -0.2) is 147 Å². The molecule has 2 saturated heterocycles. The van der Waals surface area contributed by atoms with Gasteiger partial charge in [-0.25, -0.2) is 9.59 Å². The number of benzene rings is 3. The van der Waals surface area contributed by atoms with Crippen LogP contribution in [0.5, 0.6) is 0 Å². The lowest BCUT2D eigenvalue weighted by atomic mass is 9.44. The zero-order valence-corrected chi connectivity index (χ0v) is 40.0. The van der Waals surface area contributed by atoms with Crippen molar-refractivity contribution in [2.24, 2.45) is 16.7 Å². The van der Waals surface area contributed by atoms with Gasteiger partial charge >= 0.3 is 23.9 Å². The number of esters is 4. The molecule has 3 aliphatic carbocycles. The van der Waals surface area contributed by atoms with Gasteiger partial charge in [0.05, 0.1) is 42.3 Å². The average Bonchev–Trinajstić information content (AvgIpc) is 3.34. The maximum absolute atomic E-state index is 16.2. The smallest absolute Gasteiger partial charge is 0.338 e. The van der Waals surface area contributed by atoms with Crippen LogP contribution in [0.1, 0.15) is 86.7 Å². The quantitative estimate of drug-likeness (QED) is 0.0862. The van der Waals surface area contributed by atoms with Crippen LogP contribution in [0.2, 0.25) is 0 Å². The monoisotopic (exact) mass is 985 g/mol. The minimum absolute atomic E-state index is 0.0120. The van der Waals surface area contributed by atoms with Gasteiger partial charge in [-0.15, -0.1) is 0 Å². The first-order valence-electron chi connectivity index (χ1n) is 23.4. The zero-order valence-electron chi connectivity index (χ0n) is 40.0. The van der Waals surface area contributed by atoms with Crippen molar-refractivity contribution < 1.29 is 87.5 Å². The van der Waals surface area contributed by atoms with Gasteiger partial charge in [0.25, 0.3) is 5.91 Å². The van der Waals surface area contributed by atoms with Gasteiger partial charge in [0, 0.05) is 37.7 Å². The number of amides is 1. The Bertz CT molecular complexity index is 2560. The van der Waals surface area contributed by atoms with Gasteiger partial charge in [-0.3, -0.25) is 19.2 Å². The number of ketones is 1. The molecule has 380 valence electrons. The van der Waals surface area contributed by atoms with Crippen molar-refractivity contribution in [3.05, 3.63) is 119 Å². The second-order valence-corrected chi connectivity index (χ2v) is 19.7. The molecule has 2 saturated carbocycles. The Kier molecular flexibility index (Phi) is 14.2. The Morgan fingerprint density at radius 1 is 0.789 bits per heavy atom. The van der Waals surface area contributed by atoms with E-state index in [1.807, 2.05) is 0 Å². The molecule has 5 aliphatic rings.